The molecule has 0 unspecified atom stereocenters. The minimum atomic E-state index is -0.256. The van der Waals surface area contributed by atoms with E-state index in [0.29, 0.717) is 35.3 Å². The van der Waals surface area contributed by atoms with Gasteiger partial charge in [0.2, 0.25) is 5.91 Å². The van der Waals surface area contributed by atoms with Gasteiger partial charge in [-0.25, -0.2) is 4.98 Å². The summed E-state index contributed by atoms with van der Waals surface area (Å²) in [6, 6.07) is 6.80. The first kappa shape index (κ1) is 20.9. The zero-order chi connectivity index (χ0) is 19.6. The van der Waals surface area contributed by atoms with Gasteiger partial charge in [0.15, 0.2) is 5.13 Å². The molecule has 27 heavy (non-hydrogen) atoms. The first-order valence-electron chi connectivity index (χ1n) is 8.76. The summed E-state index contributed by atoms with van der Waals surface area (Å²) in [4.78, 5) is 28.4. The number of thiazole rings is 1. The minimum absolute atomic E-state index is 0.0992. The summed E-state index contributed by atoms with van der Waals surface area (Å²) in [5, 5.41) is 7.81. The molecule has 2 amide bonds. The molecule has 0 atom stereocenters. The van der Waals surface area contributed by atoms with Gasteiger partial charge in [0, 0.05) is 24.1 Å². The van der Waals surface area contributed by atoms with E-state index < -0.39 is 0 Å². The van der Waals surface area contributed by atoms with Crippen molar-refractivity contribution in [2.75, 3.05) is 25.6 Å². The summed E-state index contributed by atoms with van der Waals surface area (Å²) in [5.41, 5.74) is 1.13. The molecule has 8 heteroatoms. The van der Waals surface area contributed by atoms with Gasteiger partial charge in [-0.05, 0) is 44.5 Å². The molecular weight excluding hydrogens is 366 g/mol. The quantitative estimate of drug-likeness (QED) is 0.608. The van der Waals surface area contributed by atoms with Crippen molar-refractivity contribution in [3.63, 3.8) is 0 Å². The van der Waals surface area contributed by atoms with E-state index in [-0.39, 0.29) is 24.3 Å². The van der Waals surface area contributed by atoms with Crippen LogP contribution in [0.15, 0.2) is 29.6 Å². The smallest absolute Gasteiger partial charge is 0.257 e. The van der Waals surface area contributed by atoms with Crippen molar-refractivity contribution in [3.8, 4) is 5.75 Å². The number of ether oxygens (including phenoxy) is 2. The number of nitrogens with one attached hydrogen (secondary N) is 2. The zero-order valence-electron chi connectivity index (χ0n) is 15.8. The van der Waals surface area contributed by atoms with E-state index in [2.05, 4.69) is 15.6 Å². The molecule has 2 aromatic rings. The Morgan fingerprint density at radius 3 is 2.63 bits per heavy atom. The fraction of sp³-hybridized carbons (Fsp3) is 0.421. The Morgan fingerprint density at radius 1 is 1.22 bits per heavy atom. The van der Waals surface area contributed by atoms with Gasteiger partial charge < -0.3 is 14.8 Å². The fourth-order valence-electron chi connectivity index (χ4n) is 2.20. The largest absolute Gasteiger partial charge is 0.497 e. The van der Waals surface area contributed by atoms with Crippen LogP contribution < -0.4 is 15.4 Å². The van der Waals surface area contributed by atoms with Gasteiger partial charge in [0.1, 0.15) is 5.75 Å². The number of anilines is 1. The number of hydrogen-bond donors (Lipinski definition) is 2. The SMILES string of the molecule is COc1ccc(C(=O)Nc2nc(CC(=O)NCCCOC(C)C)cs2)cc1. The summed E-state index contributed by atoms with van der Waals surface area (Å²) < 4.78 is 10.5. The summed E-state index contributed by atoms with van der Waals surface area (Å²) >= 11 is 1.29. The lowest BCUT2D eigenvalue weighted by atomic mass is 10.2. The summed E-state index contributed by atoms with van der Waals surface area (Å²) in [5.74, 6) is 0.330. The molecule has 0 aliphatic carbocycles. The third kappa shape index (κ3) is 7.36. The monoisotopic (exact) mass is 391 g/mol. The van der Waals surface area contributed by atoms with Crippen molar-refractivity contribution in [2.45, 2.75) is 32.8 Å². The van der Waals surface area contributed by atoms with E-state index in [1.807, 2.05) is 13.8 Å². The molecular formula is C19H25N3O4S. The molecule has 0 saturated carbocycles. The second kappa shape index (κ2) is 10.6. The molecule has 2 rings (SSSR count). The van der Waals surface area contributed by atoms with Gasteiger partial charge in [-0.3, -0.25) is 14.9 Å². The summed E-state index contributed by atoms with van der Waals surface area (Å²) in [7, 11) is 1.57. The third-order valence-electron chi connectivity index (χ3n) is 3.56. The number of nitrogens with zero attached hydrogens (tertiary/aromatic N) is 1. The van der Waals surface area contributed by atoms with Gasteiger partial charge in [0.25, 0.3) is 5.91 Å². The number of aromatic nitrogens is 1. The van der Waals surface area contributed by atoms with Crippen molar-refractivity contribution in [1.29, 1.82) is 0 Å². The Balaban J connectivity index is 1.76. The van der Waals surface area contributed by atoms with Crippen molar-refractivity contribution < 1.29 is 19.1 Å². The molecule has 2 N–H and O–H groups in total. The Hall–Kier alpha value is -2.45. The molecule has 0 aliphatic rings. The molecule has 0 saturated heterocycles. The first-order chi connectivity index (χ1) is 13.0. The van der Waals surface area contributed by atoms with E-state index in [0.717, 1.165) is 6.42 Å². The second-order valence-electron chi connectivity index (χ2n) is 6.13. The molecule has 0 radical (unpaired) electrons. The number of benzene rings is 1. The van der Waals surface area contributed by atoms with Crippen molar-refractivity contribution in [1.82, 2.24) is 10.3 Å². The lowest BCUT2D eigenvalue weighted by molar-refractivity contribution is -0.120. The molecule has 1 heterocycles. The molecule has 0 bridgehead atoms. The predicted octanol–water partition coefficient (Wildman–Crippen LogP) is 2.88. The topological polar surface area (TPSA) is 89.5 Å². The van der Waals surface area contributed by atoms with Crippen LogP contribution in [0.3, 0.4) is 0 Å². The van der Waals surface area contributed by atoms with E-state index in [9.17, 15) is 9.59 Å². The van der Waals surface area contributed by atoms with Crippen LogP contribution in [0, 0.1) is 0 Å². The molecule has 0 fully saturated rings. The second-order valence-corrected chi connectivity index (χ2v) is 6.98. The van der Waals surface area contributed by atoms with E-state index in [1.54, 1.807) is 36.8 Å². The van der Waals surface area contributed by atoms with E-state index >= 15 is 0 Å². The Bertz CT molecular complexity index is 744. The predicted molar refractivity (Wildman–Crippen MR) is 105 cm³/mol. The van der Waals surface area contributed by atoms with Crippen LogP contribution in [-0.4, -0.2) is 43.2 Å². The van der Waals surface area contributed by atoms with Crippen LogP contribution >= 0.6 is 11.3 Å². The molecule has 0 aliphatic heterocycles. The molecule has 1 aromatic heterocycles. The first-order valence-corrected chi connectivity index (χ1v) is 9.64. The third-order valence-corrected chi connectivity index (χ3v) is 4.37. The van der Waals surface area contributed by atoms with Gasteiger partial charge >= 0.3 is 0 Å². The van der Waals surface area contributed by atoms with Crippen LogP contribution in [0.25, 0.3) is 0 Å². The molecule has 146 valence electrons. The lowest BCUT2D eigenvalue weighted by Crippen LogP contribution is -2.27. The van der Waals surface area contributed by atoms with Crippen LogP contribution in [0.1, 0.15) is 36.3 Å². The number of amides is 2. The maximum absolute atomic E-state index is 12.2. The normalized spacial score (nSPS) is 10.7. The lowest BCUT2D eigenvalue weighted by Gasteiger charge is -2.07. The van der Waals surface area contributed by atoms with Crippen LogP contribution in [0.4, 0.5) is 5.13 Å². The summed E-state index contributed by atoms with van der Waals surface area (Å²) in [6.07, 6.45) is 1.15. The molecule has 7 nitrogen and oxygen atoms in total. The maximum atomic E-state index is 12.2. The highest BCUT2D eigenvalue weighted by Gasteiger charge is 2.11. The number of rotatable bonds is 10. The number of carbonyl (C=O) groups excluding carboxylic acids is 2. The zero-order valence-corrected chi connectivity index (χ0v) is 16.6. The Kier molecular flexibility index (Phi) is 8.22. The Labute approximate surface area is 163 Å². The summed E-state index contributed by atoms with van der Waals surface area (Å²) in [6.45, 7) is 5.14. The highest BCUT2D eigenvalue weighted by atomic mass is 32.1. The number of hydrogen-bond acceptors (Lipinski definition) is 6. The average molecular weight is 391 g/mol. The van der Waals surface area contributed by atoms with Gasteiger partial charge in [-0.2, -0.15) is 0 Å². The highest BCUT2D eigenvalue weighted by Crippen LogP contribution is 2.18. The molecule has 1 aromatic carbocycles. The number of methoxy groups -OCH3 is 1. The number of carbonyl (C=O) groups is 2. The van der Waals surface area contributed by atoms with Crippen LogP contribution in [0.5, 0.6) is 5.75 Å². The van der Waals surface area contributed by atoms with Gasteiger partial charge in [-0.1, -0.05) is 0 Å². The average Bonchev–Trinajstić information content (AvgIpc) is 3.07. The highest BCUT2D eigenvalue weighted by molar-refractivity contribution is 7.14. The Morgan fingerprint density at radius 2 is 1.96 bits per heavy atom. The fourth-order valence-corrected chi connectivity index (χ4v) is 2.91. The minimum Gasteiger partial charge on any atom is -0.497 e. The van der Waals surface area contributed by atoms with Crippen molar-refractivity contribution >= 4 is 28.3 Å². The van der Waals surface area contributed by atoms with Gasteiger partial charge in [0.05, 0.1) is 25.3 Å². The van der Waals surface area contributed by atoms with Crippen LogP contribution in [0.2, 0.25) is 0 Å². The van der Waals surface area contributed by atoms with Gasteiger partial charge in [-0.15, -0.1) is 11.3 Å². The maximum Gasteiger partial charge on any atom is 0.257 e. The van der Waals surface area contributed by atoms with Crippen LogP contribution in [-0.2, 0) is 16.0 Å². The van der Waals surface area contributed by atoms with Crippen molar-refractivity contribution in [3.05, 3.63) is 40.9 Å². The van der Waals surface area contributed by atoms with Crippen molar-refractivity contribution in [2.24, 2.45) is 0 Å². The van der Waals surface area contributed by atoms with E-state index in [1.165, 1.54) is 11.3 Å². The standard InChI is InChI=1S/C19H25N3O4S/c1-13(2)26-10-4-9-20-17(23)11-15-12-27-19(21-15)22-18(24)14-5-7-16(25-3)8-6-14/h5-8,12-13H,4,9-11H2,1-3H3,(H,20,23)(H,21,22,24). The van der Waals surface area contributed by atoms with E-state index in [4.69, 9.17) is 9.47 Å². The molecule has 0 spiro atoms.